The standard InChI is InChI=1S/C15H15BrN4O3/c16-11-8-12(18-9-11)15(23)20-19-13(21)6-7-17-14(22)10-4-2-1-3-5-10/h1-5,8-9,18H,6-7H2,(H,17,22)(H,19,21)(H,20,23). The maximum absolute atomic E-state index is 11.8. The Kier molecular flexibility index (Phi) is 5.93. The van der Waals surface area contributed by atoms with Crippen molar-refractivity contribution in [2.45, 2.75) is 6.42 Å². The third-order valence-electron chi connectivity index (χ3n) is 2.88. The first kappa shape index (κ1) is 16.8. The lowest BCUT2D eigenvalue weighted by Crippen LogP contribution is -2.42. The smallest absolute Gasteiger partial charge is 0.286 e. The molecule has 0 atom stereocenters. The highest BCUT2D eigenvalue weighted by Gasteiger charge is 2.10. The van der Waals surface area contributed by atoms with Crippen LogP contribution in [0.25, 0.3) is 0 Å². The van der Waals surface area contributed by atoms with Gasteiger partial charge in [0.2, 0.25) is 5.91 Å². The summed E-state index contributed by atoms with van der Waals surface area (Å²) in [4.78, 5) is 37.8. The van der Waals surface area contributed by atoms with Crippen LogP contribution in [0.15, 0.2) is 47.1 Å². The van der Waals surface area contributed by atoms with Gasteiger partial charge < -0.3 is 10.3 Å². The molecule has 2 aromatic rings. The number of halogens is 1. The molecule has 0 radical (unpaired) electrons. The second-order valence-corrected chi connectivity index (χ2v) is 5.52. The fraction of sp³-hybridized carbons (Fsp3) is 0.133. The van der Waals surface area contributed by atoms with Gasteiger partial charge in [0.1, 0.15) is 5.69 Å². The van der Waals surface area contributed by atoms with Gasteiger partial charge in [-0.3, -0.25) is 25.2 Å². The van der Waals surface area contributed by atoms with Crippen molar-refractivity contribution in [2.75, 3.05) is 6.54 Å². The lowest BCUT2D eigenvalue weighted by Gasteiger charge is -2.07. The molecule has 0 aliphatic carbocycles. The van der Waals surface area contributed by atoms with Crippen LogP contribution >= 0.6 is 15.9 Å². The van der Waals surface area contributed by atoms with Crippen molar-refractivity contribution < 1.29 is 14.4 Å². The van der Waals surface area contributed by atoms with E-state index in [1.165, 1.54) is 0 Å². The van der Waals surface area contributed by atoms with Gasteiger partial charge in [0.05, 0.1) is 0 Å². The Morgan fingerprint density at radius 1 is 1.04 bits per heavy atom. The first-order valence-electron chi connectivity index (χ1n) is 6.82. The minimum atomic E-state index is -0.461. The van der Waals surface area contributed by atoms with Gasteiger partial charge in [-0.05, 0) is 34.1 Å². The SMILES string of the molecule is O=C(CCNC(=O)c1ccccc1)NNC(=O)c1cc(Br)c[nH]1. The van der Waals surface area contributed by atoms with E-state index in [1.807, 2.05) is 6.07 Å². The maximum Gasteiger partial charge on any atom is 0.286 e. The molecule has 1 heterocycles. The van der Waals surface area contributed by atoms with Crippen LogP contribution in [0.3, 0.4) is 0 Å². The van der Waals surface area contributed by atoms with Gasteiger partial charge in [-0.25, -0.2) is 0 Å². The molecule has 0 aliphatic rings. The number of hydrogen-bond acceptors (Lipinski definition) is 3. The molecule has 0 saturated heterocycles. The molecule has 1 aromatic carbocycles. The molecule has 23 heavy (non-hydrogen) atoms. The van der Waals surface area contributed by atoms with E-state index in [0.29, 0.717) is 11.3 Å². The second kappa shape index (κ2) is 8.14. The summed E-state index contributed by atoms with van der Waals surface area (Å²) in [7, 11) is 0. The summed E-state index contributed by atoms with van der Waals surface area (Å²) in [6, 6.07) is 10.3. The highest BCUT2D eigenvalue weighted by Crippen LogP contribution is 2.09. The van der Waals surface area contributed by atoms with Crippen molar-refractivity contribution >= 4 is 33.7 Å². The number of rotatable bonds is 5. The van der Waals surface area contributed by atoms with Gasteiger partial charge in [-0.1, -0.05) is 18.2 Å². The van der Waals surface area contributed by atoms with Crippen molar-refractivity contribution in [3.05, 3.63) is 58.3 Å². The van der Waals surface area contributed by atoms with E-state index in [4.69, 9.17) is 0 Å². The molecule has 2 rings (SSSR count). The van der Waals surface area contributed by atoms with E-state index in [-0.39, 0.29) is 18.9 Å². The number of carbonyl (C=O) groups excluding carboxylic acids is 3. The molecule has 7 nitrogen and oxygen atoms in total. The summed E-state index contributed by atoms with van der Waals surface area (Å²) in [5.41, 5.74) is 5.40. The Morgan fingerprint density at radius 3 is 2.43 bits per heavy atom. The van der Waals surface area contributed by atoms with Crippen LogP contribution in [0.5, 0.6) is 0 Å². The van der Waals surface area contributed by atoms with Gasteiger partial charge in [-0.15, -0.1) is 0 Å². The molecular weight excluding hydrogens is 364 g/mol. The van der Waals surface area contributed by atoms with E-state index in [9.17, 15) is 14.4 Å². The third kappa shape index (κ3) is 5.26. The molecule has 0 spiro atoms. The van der Waals surface area contributed by atoms with Crippen LogP contribution in [0.2, 0.25) is 0 Å². The average Bonchev–Trinajstić information content (AvgIpc) is 3.00. The summed E-state index contributed by atoms with van der Waals surface area (Å²) in [5, 5.41) is 2.63. The van der Waals surface area contributed by atoms with E-state index in [1.54, 1.807) is 36.5 Å². The number of carbonyl (C=O) groups is 3. The Balaban J connectivity index is 1.67. The predicted octanol–water partition coefficient (Wildman–Crippen LogP) is 1.36. The lowest BCUT2D eigenvalue weighted by molar-refractivity contribution is -0.121. The van der Waals surface area contributed by atoms with Crippen LogP contribution < -0.4 is 16.2 Å². The molecule has 0 saturated carbocycles. The molecule has 0 fully saturated rings. The molecule has 8 heteroatoms. The molecule has 0 bridgehead atoms. The fourth-order valence-corrected chi connectivity index (χ4v) is 2.08. The number of amides is 3. The van der Waals surface area contributed by atoms with Crippen molar-refractivity contribution in [1.29, 1.82) is 0 Å². The van der Waals surface area contributed by atoms with E-state index < -0.39 is 11.8 Å². The summed E-state index contributed by atoms with van der Waals surface area (Å²) in [6.07, 6.45) is 1.66. The van der Waals surface area contributed by atoms with Crippen LogP contribution in [-0.4, -0.2) is 29.3 Å². The van der Waals surface area contributed by atoms with Gasteiger partial charge in [0.25, 0.3) is 11.8 Å². The number of hydrazine groups is 1. The number of H-pyrrole nitrogens is 1. The van der Waals surface area contributed by atoms with E-state index in [0.717, 1.165) is 4.47 Å². The first-order valence-corrected chi connectivity index (χ1v) is 7.62. The van der Waals surface area contributed by atoms with Crippen molar-refractivity contribution in [2.24, 2.45) is 0 Å². The Labute approximate surface area is 140 Å². The average molecular weight is 379 g/mol. The van der Waals surface area contributed by atoms with Crippen molar-refractivity contribution in [3.8, 4) is 0 Å². The summed E-state index contributed by atoms with van der Waals surface area (Å²) in [5.74, 6) is -1.12. The van der Waals surface area contributed by atoms with Crippen molar-refractivity contribution in [1.82, 2.24) is 21.2 Å². The largest absolute Gasteiger partial charge is 0.356 e. The zero-order valence-corrected chi connectivity index (χ0v) is 13.6. The molecule has 0 unspecified atom stereocenters. The highest BCUT2D eigenvalue weighted by atomic mass is 79.9. The monoisotopic (exact) mass is 378 g/mol. The summed E-state index contributed by atoms with van der Waals surface area (Å²) < 4.78 is 0.734. The Bertz CT molecular complexity index is 700. The summed E-state index contributed by atoms with van der Waals surface area (Å²) in [6.45, 7) is 0.170. The Morgan fingerprint density at radius 2 is 1.78 bits per heavy atom. The second-order valence-electron chi connectivity index (χ2n) is 4.61. The summed E-state index contributed by atoms with van der Waals surface area (Å²) >= 11 is 3.21. The number of nitrogens with one attached hydrogen (secondary N) is 4. The fourth-order valence-electron chi connectivity index (χ4n) is 1.74. The zero-order valence-electron chi connectivity index (χ0n) is 12.1. The minimum Gasteiger partial charge on any atom is -0.356 e. The van der Waals surface area contributed by atoms with Crippen LogP contribution in [0.4, 0.5) is 0 Å². The normalized spacial score (nSPS) is 9.96. The number of benzene rings is 1. The molecule has 1 aromatic heterocycles. The van der Waals surface area contributed by atoms with Crippen LogP contribution in [-0.2, 0) is 4.79 Å². The molecular formula is C15H15BrN4O3. The van der Waals surface area contributed by atoms with E-state index in [2.05, 4.69) is 37.1 Å². The van der Waals surface area contributed by atoms with Gasteiger partial charge in [0.15, 0.2) is 0 Å². The number of aromatic nitrogens is 1. The first-order chi connectivity index (χ1) is 11.1. The third-order valence-corrected chi connectivity index (χ3v) is 3.34. The molecule has 0 aliphatic heterocycles. The molecule has 4 N–H and O–H groups in total. The van der Waals surface area contributed by atoms with E-state index >= 15 is 0 Å². The van der Waals surface area contributed by atoms with Crippen LogP contribution in [0, 0.1) is 0 Å². The van der Waals surface area contributed by atoms with Crippen molar-refractivity contribution in [3.63, 3.8) is 0 Å². The van der Waals surface area contributed by atoms with Gasteiger partial charge in [-0.2, -0.15) is 0 Å². The highest BCUT2D eigenvalue weighted by molar-refractivity contribution is 9.10. The van der Waals surface area contributed by atoms with Gasteiger partial charge >= 0.3 is 0 Å². The molecule has 3 amide bonds. The quantitative estimate of drug-likeness (QED) is 0.590. The zero-order chi connectivity index (χ0) is 16.7. The topological polar surface area (TPSA) is 103 Å². The minimum absolute atomic E-state index is 0.0489. The maximum atomic E-state index is 11.8. The number of hydrogen-bond donors (Lipinski definition) is 4. The Hall–Kier alpha value is -2.61. The van der Waals surface area contributed by atoms with Gasteiger partial charge in [0, 0.05) is 29.2 Å². The number of aromatic amines is 1. The van der Waals surface area contributed by atoms with Crippen LogP contribution in [0.1, 0.15) is 27.3 Å². The lowest BCUT2D eigenvalue weighted by atomic mass is 10.2. The molecule has 120 valence electrons. The predicted molar refractivity (Wildman–Crippen MR) is 87.5 cm³/mol.